The predicted molar refractivity (Wildman–Crippen MR) is 124 cm³/mol. The molecular weight excluding hydrogens is 388 g/mol. The molecule has 0 amide bonds. The first-order chi connectivity index (χ1) is 15.2. The molecule has 4 rings (SSSR count). The molecular formula is C24H30N6O. The normalized spacial score (nSPS) is 14.7. The average Bonchev–Trinajstić information content (AvgIpc) is 3.31. The van der Waals surface area contributed by atoms with Crippen molar-refractivity contribution in [3.63, 3.8) is 0 Å². The molecule has 0 radical (unpaired) electrons. The number of guanidine groups is 1. The summed E-state index contributed by atoms with van der Waals surface area (Å²) >= 11 is 0. The van der Waals surface area contributed by atoms with Crippen LogP contribution in [0.5, 0.6) is 5.75 Å². The second kappa shape index (κ2) is 10.0. The van der Waals surface area contributed by atoms with Gasteiger partial charge < -0.3 is 24.8 Å². The summed E-state index contributed by atoms with van der Waals surface area (Å²) in [5, 5.41) is 13.6. The van der Waals surface area contributed by atoms with E-state index in [4.69, 9.17) is 4.99 Å². The molecule has 1 aliphatic rings. The number of hydrogen-bond donors (Lipinski definition) is 2. The molecule has 7 nitrogen and oxygen atoms in total. The van der Waals surface area contributed by atoms with Gasteiger partial charge in [0.15, 0.2) is 5.96 Å². The third-order valence-electron chi connectivity index (χ3n) is 5.50. The maximum Gasteiger partial charge on any atom is 0.194 e. The van der Waals surface area contributed by atoms with Crippen LogP contribution in [0.4, 0.5) is 5.69 Å². The standard InChI is InChI=1S/C24H30N6O/c1-2-26-24(30-15-13-29(14-16-30)22-5-3-4-6-23(22)31)27-17-20-7-9-21(10-8-20)18-28-12-11-25-19-28/h3-12,19,31H,2,13-18H2,1H3,(H,26,27). The molecule has 2 N–H and O–H groups in total. The Hall–Kier alpha value is -3.48. The molecule has 0 aliphatic carbocycles. The third-order valence-corrected chi connectivity index (χ3v) is 5.50. The molecule has 1 aliphatic heterocycles. The average molecular weight is 419 g/mol. The number of aromatic nitrogens is 2. The summed E-state index contributed by atoms with van der Waals surface area (Å²) in [6.07, 6.45) is 5.60. The number of aliphatic imine (C=N–C) groups is 1. The predicted octanol–water partition coefficient (Wildman–Crippen LogP) is 2.92. The Bertz CT molecular complexity index is 976. The molecule has 0 spiro atoms. The van der Waals surface area contributed by atoms with Gasteiger partial charge in [0.2, 0.25) is 0 Å². The Morgan fingerprint density at radius 1 is 1.03 bits per heavy atom. The van der Waals surface area contributed by atoms with Gasteiger partial charge in [-0.25, -0.2) is 9.98 Å². The van der Waals surface area contributed by atoms with Crippen LogP contribution in [0, 0.1) is 0 Å². The highest BCUT2D eigenvalue weighted by Gasteiger charge is 2.21. The smallest absolute Gasteiger partial charge is 0.194 e. The van der Waals surface area contributed by atoms with Gasteiger partial charge in [0.1, 0.15) is 5.75 Å². The molecule has 0 unspecified atom stereocenters. The van der Waals surface area contributed by atoms with E-state index >= 15 is 0 Å². The van der Waals surface area contributed by atoms with Crippen LogP contribution in [0.2, 0.25) is 0 Å². The van der Waals surface area contributed by atoms with Crippen molar-refractivity contribution >= 4 is 11.6 Å². The first-order valence-electron chi connectivity index (χ1n) is 10.8. The van der Waals surface area contributed by atoms with E-state index in [0.717, 1.165) is 50.9 Å². The Labute approximate surface area is 183 Å². The molecule has 7 heteroatoms. The van der Waals surface area contributed by atoms with E-state index < -0.39 is 0 Å². The number of anilines is 1. The lowest BCUT2D eigenvalue weighted by molar-refractivity contribution is 0.369. The van der Waals surface area contributed by atoms with Crippen LogP contribution in [0.1, 0.15) is 18.1 Å². The fraction of sp³-hybridized carbons (Fsp3) is 0.333. The molecule has 2 heterocycles. The first kappa shape index (κ1) is 20.8. The summed E-state index contributed by atoms with van der Waals surface area (Å²) < 4.78 is 2.06. The second-order valence-electron chi connectivity index (χ2n) is 7.68. The minimum absolute atomic E-state index is 0.341. The zero-order valence-electron chi connectivity index (χ0n) is 18.0. The summed E-state index contributed by atoms with van der Waals surface area (Å²) in [5.74, 6) is 1.29. The Balaban J connectivity index is 1.35. The van der Waals surface area contributed by atoms with Gasteiger partial charge in [-0.2, -0.15) is 0 Å². The van der Waals surface area contributed by atoms with Gasteiger partial charge in [-0.3, -0.25) is 0 Å². The number of nitrogens with zero attached hydrogens (tertiary/aromatic N) is 5. The molecule has 0 saturated carbocycles. The molecule has 1 saturated heterocycles. The van der Waals surface area contributed by atoms with Gasteiger partial charge in [0.05, 0.1) is 18.6 Å². The number of piperazine rings is 1. The Morgan fingerprint density at radius 3 is 2.45 bits per heavy atom. The van der Waals surface area contributed by atoms with Gasteiger partial charge in [0.25, 0.3) is 0 Å². The minimum Gasteiger partial charge on any atom is -0.506 e. The summed E-state index contributed by atoms with van der Waals surface area (Å²) in [7, 11) is 0. The van der Waals surface area contributed by atoms with Crippen molar-refractivity contribution in [3.8, 4) is 5.75 Å². The van der Waals surface area contributed by atoms with E-state index in [2.05, 4.69) is 55.9 Å². The minimum atomic E-state index is 0.341. The number of benzene rings is 2. The zero-order valence-corrected chi connectivity index (χ0v) is 18.0. The Kier molecular flexibility index (Phi) is 6.72. The highest BCUT2D eigenvalue weighted by molar-refractivity contribution is 5.80. The van der Waals surface area contributed by atoms with E-state index in [-0.39, 0.29) is 0 Å². The zero-order chi connectivity index (χ0) is 21.5. The van der Waals surface area contributed by atoms with E-state index in [1.54, 1.807) is 12.3 Å². The molecule has 162 valence electrons. The topological polar surface area (TPSA) is 68.9 Å². The van der Waals surface area contributed by atoms with Crippen molar-refractivity contribution in [1.29, 1.82) is 0 Å². The number of phenolic OH excluding ortho intramolecular Hbond substituents is 1. The second-order valence-corrected chi connectivity index (χ2v) is 7.68. The largest absolute Gasteiger partial charge is 0.506 e. The molecule has 0 atom stereocenters. The molecule has 2 aromatic carbocycles. The molecule has 1 fully saturated rings. The van der Waals surface area contributed by atoms with E-state index in [9.17, 15) is 5.11 Å². The number of imidazole rings is 1. The summed E-state index contributed by atoms with van der Waals surface area (Å²) in [6, 6.07) is 16.1. The summed E-state index contributed by atoms with van der Waals surface area (Å²) in [5.41, 5.74) is 3.34. The van der Waals surface area contributed by atoms with Crippen LogP contribution >= 0.6 is 0 Å². The Morgan fingerprint density at radius 2 is 1.77 bits per heavy atom. The van der Waals surface area contributed by atoms with Crippen LogP contribution in [0.15, 0.2) is 72.2 Å². The quantitative estimate of drug-likeness (QED) is 0.476. The number of para-hydroxylation sites is 2. The highest BCUT2D eigenvalue weighted by atomic mass is 16.3. The fourth-order valence-electron chi connectivity index (χ4n) is 3.82. The van der Waals surface area contributed by atoms with Crippen molar-refractivity contribution in [1.82, 2.24) is 19.8 Å². The van der Waals surface area contributed by atoms with Crippen LogP contribution in [-0.4, -0.2) is 58.2 Å². The van der Waals surface area contributed by atoms with Crippen molar-refractivity contribution in [2.24, 2.45) is 4.99 Å². The SMILES string of the molecule is CCNC(=NCc1ccc(Cn2ccnc2)cc1)N1CCN(c2ccccc2O)CC1. The van der Waals surface area contributed by atoms with Crippen molar-refractivity contribution in [2.75, 3.05) is 37.6 Å². The van der Waals surface area contributed by atoms with Crippen LogP contribution in [0.25, 0.3) is 0 Å². The van der Waals surface area contributed by atoms with Gasteiger partial charge in [-0.05, 0) is 30.2 Å². The lowest BCUT2D eigenvalue weighted by Crippen LogP contribution is -2.52. The fourth-order valence-corrected chi connectivity index (χ4v) is 3.82. The van der Waals surface area contributed by atoms with Crippen LogP contribution < -0.4 is 10.2 Å². The van der Waals surface area contributed by atoms with Crippen molar-refractivity contribution in [2.45, 2.75) is 20.0 Å². The highest BCUT2D eigenvalue weighted by Crippen LogP contribution is 2.27. The van der Waals surface area contributed by atoms with E-state index in [1.807, 2.05) is 30.7 Å². The maximum atomic E-state index is 10.1. The third kappa shape index (κ3) is 5.36. The number of hydrogen-bond acceptors (Lipinski definition) is 4. The lowest BCUT2D eigenvalue weighted by Gasteiger charge is -2.37. The van der Waals surface area contributed by atoms with Crippen LogP contribution in [-0.2, 0) is 13.1 Å². The molecule has 31 heavy (non-hydrogen) atoms. The number of aromatic hydroxyl groups is 1. The number of rotatable bonds is 6. The van der Waals surface area contributed by atoms with Crippen LogP contribution in [0.3, 0.4) is 0 Å². The number of phenols is 1. The number of nitrogens with one attached hydrogen (secondary N) is 1. The maximum absolute atomic E-state index is 10.1. The van der Waals surface area contributed by atoms with Gasteiger partial charge >= 0.3 is 0 Å². The van der Waals surface area contributed by atoms with Crippen molar-refractivity contribution in [3.05, 3.63) is 78.4 Å². The molecule has 3 aromatic rings. The van der Waals surface area contributed by atoms with Crippen molar-refractivity contribution < 1.29 is 5.11 Å². The lowest BCUT2D eigenvalue weighted by atomic mass is 10.1. The summed E-state index contributed by atoms with van der Waals surface area (Å²) in [4.78, 5) is 13.5. The van der Waals surface area contributed by atoms with Gasteiger partial charge in [-0.15, -0.1) is 0 Å². The van der Waals surface area contributed by atoms with Gasteiger partial charge in [0, 0.05) is 51.7 Å². The summed E-state index contributed by atoms with van der Waals surface area (Å²) in [6.45, 7) is 7.84. The van der Waals surface area contributed by atoms with E-state index in [1.165, 1.54) is 11.1 Å². The molecule has 0 bridgehead atoms. The van der Waals surface area contributed by atoms with Gasteiger partial charge in [-0.1, -0.05) is 36.4 Å². The molecule has 1 aromatic heterocycles. The monoisotopic (exact) mass is 418 g/mol. The van der Waals surface area contributed by atoms with E-state index in [0.29, 0.717) is 12.3 Å². The first-order valence-corrected chi connectivity index (χ1v) is 10.8.